The van der Waals surface area contributed by atoms with E-state index in [2.05, 4.69) is 5.73 Å². The van der Waals surface area contributed by atoms with Crippen LogP contribution in [0, 0.1) is 0 Å². The van der Waals surface area contributed by atoms with Gasteiger partial charge in [-0.2, -0.15) is 0 Å². The van der Waals surface area contributed by atoms with Gasteiger partial charge in [0.1, 0.15) is 0 Å². The molecule has 0 fully saturated rings. The van der Waals surface area contributed by atoms with E-state index in [1.54, 1.807) is 0 Å². The number of hydrogen-bond acceptors (Lipinski definition) is 0. The molecule has 0 aromatic rings. The van der Waals surface area contributed by atoms with Gasteiger partial charge in [-0.15, -0.1) is 0 Å². The average molecular weight is 191 g/mol. The summed E-state index contributed by atoms with van der Waals surface area (Å²) in [5, 5.41) is 0. The van der Waals surface area contributed by atoms with Crippen molar-refractivity contribution in [2.75, 3.05) is 0 Å². The molecule has 1 rings (SSSR count). The standard InChI is InChI=1S/C5H3Te/c6-5-3-1-2-4-5/h1-3H. The molecule has 0 aromatic heterocycles. The van der Waals surface area contributed by atoms with Crippen LogP contribution in [0.15, 0.2) is 27.6 Å². The Morgan fingerprint density at radius 2 is 2.50 bits per heavy atom. The van der Waals surface area contributed by atoms with Crippen LogP contribution in [0.4, 0.5) is 0 Å². The van der Waals surface area contributed by atoms with Crippen molar-refractivity contribution in [1.29, 1.82) is 0 Å². The van der Waals surface area contributed by atoms with Gasteiger partial charge in [-0.05, 0) is 0 Å². The van der Waals surface area contributed by atoms with Crippen molar-refractivity contribution in [2.24, 2.45) is 0 Å². The summed E-state index contributed by atoms with van der Waals surface area (Å²) >= 11 is 1.96. The third-order valence-electron chi connectivity index (χ3n) is 0.569. The Hall–Kier alpha value is 0.0496. The zero-order valence-electron chi connectivity index (χ0n) is 3.14. The van der Waals surface area contributed by atoms with Gasteiger partial charge < -0.3 is 0 Å². The molecule has 0 heterocycles. The molecule has 0 spiro atoms. The Labute approximate surface area is 50.1 Å². The van der Waals surface area contributed by atoms with E-state index >= 15 is 0 Å². The van der Waals surface area contributed by atoms with Crippen molar-refractivity contribution in [2.45, 2.75) is 0 Å². The number of hydrogen-bond donors (Lipinski definition) is 0. The van der Waals surface area contributed by atoms with Crippen LogP contribution in [0.25, 0.3) is 0 Å². The van der Waals surface area contributed by atoms with Crippen LogP contribution in [0.5, 0.6) is 0 Å². The minimum absolute atomic E-state index is 1.23. The number of rotatable bonds is 0. The minimum atomic E-state index is 1.23. The molecular formula is C5H3Te. The van der Waals surface area contributed by atoms with Crippen molar-refractivity contribution in [3.63, 3.8) is 0 Å². The van der Waals surface area contributed by atoms with Gasteiger partial charge in [-0.1, -0.05) is 0 Å². The second-order valence-corrected chi connectivity index (χ2v) is 2.29. The Morgan fingerprint density at radius 1 is 1.67 bits per heavy atom. The summed E-state index contributed by atoms with van der Waals surface area (Å²) in [5.74, 6) is 0. The predicted octanol–water partition coefficient (Wildman–Crippen LogP) is 0.764. The normalized spacial score (nSPS) is 15.7. The molecule has 0 bridgehead atoms. The third-order valence-corrected chi connectivity index (χ3v) is 1.29. The molecule has 1 radical (unpaired) electrons. The first kappa shape index (κ1) is 4.21. The van der Waals surface area contributed by atoms with Crippen molar-refractivity contribution >= 4 is 22.3 Å². The monoisotopic (exact) mass is 193 g/mol. The second-order valence-electron chi connectivity index (χ2n) is 1.03. The Morgan fingerprint density at radius 3 is 2.67 bits per heavy atom. The molecule has 0 saturated heterocycles. The summed E-state index contributed by atoms with van der Waals surface area (Å²) in [6, 6.07) is 0. The predicted molar refractivity (Wildman–Crippen MR) is 26.5 cm³/mol. The molecule has 0 atom stereocenters. The van der Waals surface area contributed by atoms with E-state index in [9.17, 15) is 0 Å². The Balaban J connectivity index is 2.98. The summed E-state index contributed by atoms with van der Waals surface area (Å²) in [6.45, 7) is 0. The number of allylic oxidation sites excluding steroid dienone is 3. The average Bonchev–Trinajstić information content (AvgIpc) is 1.86. The summed E-state index contributed by atoms with van der Waals surface area (Å²) in [7, 11) is 0. The van der Waals surface area contributed by atoms with Crippen molar-refractivity contribution in [3.8, 4) is 0 Å². The molecule has 1 aliphatic carbocycles. The molecular weight excluding hydrogens is 188 g/mol. The molecule has 0 aliphatic heterocycles. The molecule has 0 aromatic carbocycles. The fourth-order valence-electron chi connectivity index (χ4n) is 0.314. The van der Waals surface area contributed by atoms with Crippen molar-refractivity contribution in [3.05, 3.63) is 27.6 Å². The summed E-state index contributed by atoms with van der Waals surface area (Å²) in [4.78, 5) is 0. The third kappa shape index (κ3) is 0.758. The van der Waals surface area contributed by atoms with Crippen LogP contribution >= 0.6 is 0 Å². The van der Waals surface area contributed by atoms with Crippen LogP contribution < -0.4 is 0 Å². The van der Waals surface area contributed by atoms with Crippen LogP contribution in [-0.4, -0.2) is 22.3 Å². The maximum absolute atomic E-state index is 3.00. The first-order valence-electron chi connectivity index (χ1n) is 1.70. The van der Waals surface area contributed by atoms with Crippen molar-refractivity contribution in [1.82, 2.24) is 0 Å². The van der Waals surface area contributed by atoms with Crippen LogP contribution in [0.3, 0.4) is 0 Å². The fourth-order valence-corrected chi connectivity index (χ4v) is 0.732. The molecule has 0 N–H and O–H groups in total. The van der Waals surface area contributed by atoms with E-state index in [-0.39, 0.29) is 0 Å². The fraction of sp³-hybridized carbons (Fsp3) is 0. The van der Waals surface area contributed by atoms with Gasteiger partial charge >= 0.3 is 49.9 Å². The molecule has 0 nitrogen and oxygen atoms in total. The molecule has 0 unspecified atom stereocenters. The van der Waals surface area contributed by atoms with Crippen LogP contribution in [0.1, 0.15) is 0 Å². The SMILES string of the molecule is [Te]C1=C=CC=C1. The van der Waals surface area contributed by atoms with E-state index in [1.807, 2.05) is 40.5 Å². The van der Waals surface area contributed by atoms with Gasteiger partial charge in [0.2, 0.25) is 0 Å². The van der Waals surface area contributed by atoms with Crippen LogP contribution in [0.2, 0.25) is 0 Å². The van der Waals surface area contributed by atoms with Gasteiger partial charge in [-0.25, -0.2) is 0 Å². The van der Waals surface area contributed by atoms with Gasteiger partial charge in [0.05, 0.1) is 0 Å². The molecule has 29 valence electrons. The molecule has 0 amide bonds. The molecule has 6 heavy (non-hydrogen) atoms. The van der Waals surface area contributed by atoms with E-state index in [0.29, 0.717) is 0 Å². The summed E-state index contributed by atoms with van der Waals surface area (Å²) in [6.07, 6.45) is 5.93. The topological polar surface area (TPSA) is 0 Å². The Bertz CT molecular complexity index is 136. The maximum atomic E-state index is 3.00. The summed E-state index contributed by atoms with van der Waals surface area (Å²) in [5.41, 5.74) is 3.00. The zero-order chi connectivity index (χ0) is 4.41. The first-order chi connectivity index (χ1) is 2.89. The van der Waals surface area contributed by atoms with Gasteiger partial charge in [0.15, 0.2) is 0 Å². The van der Waals surface area contributed by atoms with E-state index in [0.717, 1.165) is 0 Å². The van der Waals surface area contributed by atoms with Crippen LogP contribution in [-0.2, 0) is 0 Å². The molecule has 1 aliphatic rings. The van der Waals surface area contributed by atoms with E-state index < -0.39 is 0 Å². The first-order valence-corrected chi connectivity index (χ1v) is 2.86. The van der Waals surface area contributed by atoms with Gasteiger partial charge in [0, 0.05) is 0 Å². The van der Waals surface area contributed by atoms with Gasteiger partial charge in [-0.3, -0.25) is 0 Å². The van der Waals surface area contributed by atoms with Gasteiger partial charge in [0.25, 0.3) is 0 Å². The molecule has 1 heteroatoms. The quantitative estimate of drug-likeness (QED) is 0.391. The second kappa shape index (κ2) is 1.67. The molecule has 0 saturated carbocycles. The summed E-state index contributed by atoms with van der Waals surface area (Å²) < 4.78 is 1.23. The Kier molecular flexibility index (Phi) is 1.17. The van der Waals surface area contributed by atoms with E-state index in [1.165, 1.54) is 3.62 Å². The van der Waals surface area contributed by atoms with E-state index in [4.69, 9.17) is 0 Å². The van der Waals surface area contributed by atoms with Crippen molar-refractivity contribution < 1.29 is 0 Å². The zero-order valence-corrected chi connectivity index (χ0v) is 5.47.